The van der Waals surface area contributed by atoms with Crippen LogP contribution in [0.1, 0.15) is 16.1 Å². The molecule has 0 atom stereocenters. The summed E-state index contributed by atoms with van der Waals surface area (Å²) in [5, 5.41) is 15.1. The summed E-state index contributed by atoms with van der Waals surface area (Å²) in [4.78, 5) is 16.6. The normalized spacial score (nSPS) is 10.7. The number of carbonyl (C=O) groups excluding carboxylic acids is 1. The van der Waals surface area contributed by atoms with E-state index in [1.165, 1.54) is 12.1 Å². The number of aromatic nitrogens is 3. The third kappa shape index (κ3) is 5.05. The minimum atomic E-state index is -0.275. The summed E-state index contributed by atoms with van der Waals surface area (Å²) in [5.74, 6) is -0.256. The van der Waals surface area contributed by atoms with Crippen molar-refractivity contribution in [1.29, 1.82) is 0 Å². The van der Waals surface area contributed by atoms with Gasteiger partial charge in [-0.25, -0.2) is 14.2 Å². The highest BCUT2D eigenvalue weighted by Gasteiger charge is 2.07. The molecule has 8 heteroatoms. The maximum atomic E-state index is 13.1. The Morgan fingerprint density at radius 1 is 1.07 bits per heavy atom. The molecule has 29 heavy (non-hydrogen) atoms. The highest BCUT2D eigenvalue weighted by Crippen LogP contribution is 2.24. The van der Waals surface area contributed by atoms with Gasteiger partial charge in [0.1, 0.15) is 5.82 Å². The topological polar surface area (TPSA) is 82.7 Å². The summed E-state index contributed by atoms with van der Waals surface area (Å²) >= 11 is 1.57. The predicted molar refractivity (Wildman–Crippen MR) is 111 cm³/mol. The molecule has 0 saturated heterocycles. The fourth-order valence-corrected chi connectivity index (χ4v) is 3.60. The lowest BCUT2D eigenvalue weighted by Gasteiger charge is -2.07. The number of hydrogen-bond acceptors (Lipinski definition) is 4. The molecule has 3 N–H and O–H groups in total. The largest absolute Gasteiger partial charge is 0.334 e. The molecule has 0 aliphatic carbocycles. The van der Waals surface area contributed by atoms with Gasteiger partial charge >= 0.3 is 6.03 Å². The zero-order chi connectivity index (χ0) is 20.1. The van der Waals surface area contributed by atoms with Crippen LogP contribution in [-0.4, -0.2) is 21.2 Å². The van der Waals surface area contributed by atoms with Crippen molar-refractivity contribution in [1.82, 2.24) is 20.5 Å². The van der Waals surface area contributed by atoms with Crippen LogP contribution in [0.15, 0.2) is 66.3 Å². The standard InChI is InChI=1S/C21H18FN5OS/c22-17-5-3-16(4-6-17)19-13-29-20(27-19)9-14-1-7-18(8-2-14)26-21(28)23-10-15-11-24-25-12-15/h1-8,11-13H,9-10H2,(H,24,25)(H2,23,26,28). The van der Waals surface area contributed by atoms with Crippen LogP contribution in [-0.2, 0) is 13.0 Å². The van der Waals surface area contributed by atoms with E-state index >= 15 is 0 Å². The minimum Gasteiger partial charge on any atom is -0.334 e. The molecular formula is C21H18FN5OS. The van der Waals surface area contributed by atoms with Gasteiger partial charge in [-0.2, -0.15) is 5.10 Å². The van der Waals surface area contributed by atoms with Gasteiger partial charge in [-0.3, -0.25) is 5.10 Å². The Morgan fingerprint density at radius 3 is 2.59 bits per heavy atom. The van der Waals surface area contributed by atoms with Crippen LogP contribution in [0.3, 0.4) is 0 Å². The van der Waals surface area contributed by atoms with E-state index in [4.69, 9.17) is 0 Å². The van der Waals surface area contributed by atoms with Crippen molar-refractivity contribution < 1.29 is 9.18 Å². The number of urea groups is 1. The molecule has 0 unspecified atom stereocenters. The quantitative estimate of drug-likeness (QED) is 0.437. The van der Waals surface area contributed by atoms with Gasteiger partial charge in [0, 0.05) is 41.4 Å². The van der Waals surface area contributed by atoms with Gasteiger partial charge < -0.3 is 10.6 Å². The summed E-state index contributed by atoms with van der Waals surface area (Å²) in [6, 6.07) is 13.7. The number of anilines is 1. The summed E-state index contributed by atoms with van der Waals surface area (Å²) in [7, 11) is 0. The van der Waals surface area contributed by atoms with Gasteiger partial charge in [-0.15, -0.1) is 11.3 Å². The third-order valence-electron chi connectivity index (χ3n) is 4.27. The average molecular weight is 407 g/mol. The molecular weight excluding hydrogens is 389 g/mol. The van der Waals surface area contributed by atoms with Crippen LogP contribution >= 0.6 is 11.3 Å². The number of nitrogens with zero attached hydrogens (tertiary/aromatic N) is 2. The fraction of sp³-hybridized carbons (Fsp3) is 0.0952. The molecule has 0 aliphatic rings. The number of thiazole rings is 1. The SMILES string of the molecule is O=C(NCc1cn[nH]c1)Nc1ccc(Cc2nc(-c3ccc(F)cc3)cs2)cc1. The van der Waals surface area contributed by atoms with Gasteiger partial charge in [0.2, 0.25) is 0 Å². The van der Waals surface area contributed by atoms with Crippen LogP contribution < -0.4 is 10.6 Å². The Bertz CT molecular complexity index is 1080. The second-order valence-corrected chi connectivity index (χ2v) is 7.36. The summed E-state index contributed by atoms with van der Waals surface area (Å²) in [6.07, 6.45) is 4.09. The van der Waals surface area contributed by atoms with Crippen LogP contribution in [0.4, 0.5) is 14.9 Å². The lowest BCUT2D eigenvalue weighted by molar-refractivity contribution is 0.251. The van der Waals surface area contributed by atoms with Crippen LogP contribution in [0.2, 0.25) is 0 Å². The molecule has 4 aromatic rings. The number of H-pyrrole nitrogens is 1. The Labute approximate surface area is 170 Å². The van der Waals surface area contributed by atoms with E-state index in [1.807, 2.05) is 29.6 Å². The first-order valence-corrected chi connectivity index (χ1v) is 9.85. The number of hydrogen-bond donors (Lipinski definition) is 3. The highest BCUT2D eigenvalue weighted by molar-refractivity contribution is 7.10. The maximum absolute atomic E-state index is 13.1. The Balaban J connectivity index is 1.32. The van der Waals surface area contributed by atoms with Gasteiger partial charge in [-0.1, -0.05) is 12.1 Å². The number of carbonyl (C=O) groups is 1. The first-order chi connectivity index (χ1) is 14.2. The van der Waals surface area contributed by atoms with Crippen LogP contribution in [0.5, 0.6) is 0 Å². The lowest BCUT2D eigenvalue weighted by Crippen LogP contribution is -2.27. The molecule has 2 amide bonds. The van der Waals surface area contributed by atoms with Crippen LogP contribution in [0, 0.1) is 5.82 Å². The average Bonchev–Trinajstić information content (AvgIpc) is 3.41. The summed E-state index contributed by atoms with van der Waals surface area (Å²) in [6.45, 7) is 0.404. The highest BCUT2D eigenvalue weighted by atomic mass is 32.1. The van der Waals surface area contributed by atoms with Crippen molar-refractivity contribution in [3.63, 3.8) is 0 Å². The number of nitrogens with one attached hydrogen (secondary N) is 3. The number of benzene rings is 2. The molecule has 6 nitrogen and oxygen atoms in total. The van der Waals surface area contributed by atoms with Crippen molar-refractivity contribution in [2.75, 3.05) is 5.32 Å². The zero-order valence-corrected chi connectivity index (χ0v) is 16.2. The smallest absolute Gasteiger partial charge is 0.319 e. The van der Waals surface area contributed by atoms with Crippen LogP contribution in [0.25, 0.3) is 11.3 Å². The Morgan fingerprint density at radius 2 is 1.86 bits per heavy atom. The van der Waals surface area contributed by atoms with Gasteiger partial charge in [0.25, 0.3) is 0 Å². The van der Waals surface area contributed by atoms with E-state index in [1.54, 1.807) is 35.9 Å². The van der Waals surface area contributed by atoms with E-state index in [9.17, 15) is 9.18 Å². The second kappa shape index (κ2) is 8.66. The van der Waals surface area contributed by atoms with Crippen molar-refractivity contribution in [3.05, 3.63) is 88.3 Å². The Hall–Kier alpha value is -3.52. The molecule has 0 aliphatic heterocycles. The number of amides is 2. The first kappa shape index (κ1) is 18.8. The molecule has 146 valence electrons. The molecule has 0 radical (unpaired) electrons. The number of rotatable bonds is 6. The zero-order valence-electron chi connectivity index (χ0n) is 15.4. The molecule has 4 rings (SSSR count). The van der Waals surface area contributed by atoms with Crippen molar-refractivity contribution in [3.8, 4) is 11.3 Å². The van der Waals surface area contributed by atoms with E-state index in [0.29, 0.717) is 18.7 Å². The number of halogens is 1. The monoisotopic (exact) mass is 407 g/mol. The van der Waals surface area contributed by atoms with Gasteiger partial charge in [0.05, 0.1) is 16.9 Å². The fourth-order valence-electron chi connectivity index (χ4n) is 2.76. The van der Waals surface area contributed by atoms with E-state index in [0.717, 1.165) is 27.4 Å². The number of aromatic amines is 1. The van der Waals surface area contributed by atoms with Crippen molar-refractivity contribution >= 4 is 23.1 Å². The summed E-state index contributed by atoms with van der Waals surface area (Å²) in [5.41, 5.74) is 4.45. The first-order valence-electron chi connectivity index (χ1n) is 8.97. The third-order valence-corrected chi connectivity index (χ3v) is 5.12. The predicted octanol–water partition coefficient (Wildman–Crippen LogP) is 4.58. The summed E-state index contributed by atoms with van der Waals surface area (Å²) < 4.78 is 13.1. The lowest BCUT2D eigenvalue weighted by atomic mass is 10.1. The van der Waals surface area contributed by atoms with E-state index in [2.05, 4.69) is 25.8 Å². The Kier molecular flexibility index (Phi) is 5.62. The van der Waals surface area contributed by atoms with Gasteiger partial charge in [-0.05, 0) is 42.0 Å². The van der Waals surface area contributed by atoms with Crippen molar-refractivity contribution in [2.24, 2.45) is 0 Å². The van der Waals surface area contributed by atoms with Gasteiger partial charge in [0.15, 0.2) is 0 Å². The molecule has 0 spiro atoms. The second-order valence-electron chi connectivity index (χ2n) is 6.42. The minimum absolute atomic E-state index is 0.256. The van der Waals surface area contributed by atoms with E-state index in [-0.39, 0.29) is 11.8 Å². The maximum Gasteiger partial charge on any atom is 0.319 e. The van der Waals surface area contributed by atoms with E-state index < -0.39 is 0 Å². The molecule has 0 fully saturated rings. The molecule has 2 heterocycles. The molecule has 0 bridgehead atoms. The van der Waals surface area contributed by atoms with Crippen molar-refractivity contribution in [2.45, 2.75) is 13.0 Å². The molecule has 2 aromatic heterocycles. The molecule has 2 aromatic carbocycles. The molecule has 0 saturated carbocycles.